The van der Waals surface area contributed by atoms with Gasteiger partial charge in [0.25, 0.3) is 0 Å². The van der Waals surface area contributed by atoms with Crippen LogP contribution >= 0.6 is 11.6 Å². The second kappa shape index (κ2) is 5.10. The van der Waals surface area contributed by atoms with Crippen LogP contribution in [0.1, 0.15) is 27.0 Å². The molecule has 0 atom stereocenters. The van der Waals surface area contributed by atoms with Crippen molar-refractivity contribution in [1.82, 2.24) is 0 Å². The smallest absolute Gasteiger partial charge is 0.196 e. The monoisotopic (exact) mass is 280 g/mol. The summed E-state index contributed by atoms with van der Waals surface area (Å²) in [6.07, 6.45) is 0. The van der Waals surface area contributed by atoms with Gasteiger partial charge in [0.15, 0.2) is 5.78 Å². The molecule has 0 radical (unpaired) electrons. The quantitative estimate of drug-likeness (QED) is 0.742. The number of aryl methyl sites for hydroxylation is 1. The van der Waals surface area contributed by atoms with Gasteiger partial charge in [-0.05, 0) is 37.1 Å². The Kier molecular flexibility index (Phi) is 3.67. The van der Waals surface area contributed by atoms with Crippen molar-refractivity contribution < 1.29 is 13.6 Å². The summed E-state index contributed by atoms with van der Waals surface area (Å²) in [6, 6.07) is 6.79. The lowest BCUT2D eigenvalue weighted by atomic mass is 9.97. The van der Waals surface area contributed by atoms with Crippen LogP contribution in [-0.2, 0) is 0 Å². The topological polar surface area (TPSA) is 17.1 Å². The van der Waals surface area contributed by atoms with E-state index in [0.717, 1.165) is 6.07 Å². The number of carbonyl (C=O) groups is 1. The van der Waals surface area contributed by atoms with Crippen molar-refractivity contribution in [3.05, 3.63) is 69.2 Å². The Morgan fingerprint density at radius 1 is 1.05 bits per heavy atom. The van der Waals surface area contributed by atoms with Crippen LogP contribution in [0.3, 0.4) is 0 Å². The lowest BCUT2D eigenvalue weighted by Gasteiger charge is -2.08. The van der Waals surface area contributed by atoms with Crippen molar-refractivity contribution >= 4 is 17.4 Å². The Balaban J connectivity index is 2.56. The minimum atomic E-state index is -0.868. The fourth-order valence-electron chi connectivity index (χ4n) is 1.83. The molecule has 2 aromatic rings. The van der Waals surface area contributed by atoms with Crippen LogP contribution in [0.25, 0.3) is 0 Å². The van der Waals surface area contributed by atoms with E-state index in [0.29, 0.717) is 16.1 Å². The van der Waals surface area contributed by atoms with Crippen molar-refractivity contribution in [2.75, 3.05) is 0 Å². The number of rotatable bonds is 2. The number of carbonyl (C=O) groups excluding carboxylic acids is 1. The van der Waals surface area contributed by atoms with Gasteiger partial charge >= 0.3 is 0 Å². The average molecular weight is 281 g/mol. The Morgan fingerprint density at radius 2 is 1.74 bits per heavy atom. The van der Waals surface area contributed by atoms with E-state index < -0.39 is 17.4 Å². The van der Waals surface area contributed by atoms with Gasteiger partial charge in [0.05, 0.1) is 5.56 Å². The molecule has 0 saturated carbocycles. The van der Waals surface area contributed by atoms with Crippen LogP contribution in [0.2, 0.25) is 5.02 Å². The molecule has 2 aromatic carbocycles. The molecule has 0 bridgehead atoms. The third-order valence-corrected chi connectivity index (χ3v) is 3.41. The number of hydrogen-bond donors (Lipinski definition) is 0. The lowest BCUT2D eigenvalue weighted by molar-refractivity contribution is 0.103. The first-order valence-electron chi connectivity index (χ1n) is 5.67. The van der Waals surface area contributed by atoms with Gasteiger partial charge < -0.3 is 0 Å². The molecule has 0 aromatic heterocycles. The van der Waals surface area contributed by atoms with E-state index >= 15 is 0 Å². The summed E-state index contributed by atoms with van der Waals surface area (Å²) in [5, 5.41) is 0.435. The van der Waals surface area contributed by atoms with Crippen LogP contribution in [-0.4, -0.2) is 5.78 Å². The van der Waals surface area contributed by atoms with E-state index in [1.54, 1.807) is 25.1 Å². The van der Waals surface area contributed by atoms with Gasteiger partial charge in [-0.1, -0.05) is 23.7 Å². The molecule has 0 aliphatic rings. The van der Waals surface area contributed by atoms with E-state index in [1.807, 2.05) is 0 Å². The molecule has 0 heterocycles. The SMILES string of the molecule is Cc1cc(C(=O)c2cccc(Cl)c2C)c(F)cc1F. The largest absolute Gasteiger partial charge is 0.288 e. The Labute approximate surface area is 114 Å². The Bertz CT molecular complexity index is 665. The third-order valence-electron chi connectivity index (χ3n) is 3.01. The van der Waals surface area contributed by atoms with E-state index in [-0.39, 0.29) is 11.1 Å². The molecule has 0 aliphatic heterocycles. The first-order chi connectivity index (χ1) is 8.91. The van der Waals surface area contributed by atoms with Gasteiger partial charge in [-0.25, -0.2) is 8.78 Å². The zero-order valence-corrected chi connectivity index (χ0v) is 11.2. The minimum absolute atomic E-state index is 0.149. The van der Waals surface area contributed by atoms with Crippen molar-refractivity contribution in [3.8, 4) is 0 Å². The minimum Gasteiger partial charge on any atom is -0.288 e. The van der Waals surface area contributed by atoms with Gasteiger partial charge in [-0.15, -0.1) is 0 Å². The van der Waals surface area contributed by atoms with Crippen molar-refractivity contribution in [2.45, 2.75) is 13.8 Å². The van der Waals surface area contributed by atoms with E-state index in [2.05, 4.69) is 0 Å². The fourth-order valence-corrected chi connectivity index (χ4v) is 2.00. The average Bonchev–Trinajstić information content (AvgIpc) is 2.36. The van der Waals surface area contributed by atoms with Crippen molar-refractivity contribution in [2.24, 2.45) is 0 Å². The van der Waals surface area contributed by atoms with Gasteiger partial charge in [-0.3, -0.25) is 4.79 Å². The standard InChI is InChI=1S/C15H11ClF2O/c1-8-6-11(14(18)7-13(8)17)15(19)10-4-3-5-12(16)9(10)2/h3-7H,1-2H3. The molecule has 98 valence electrons. The second-order valence-corrected chi connectivity index (χ2v) is 4.73. The van der Waals surface area contributed by atoms with Gasteiger partial charge in [0.2, 0.25) is 0 Å². The molecule has 19 heavy (non-hydrogen) atoms. The number of hydrogen-bond acceptors (Lipinski definition) is 1. The highest BCUT2D eigenvalue weighted by atomic mass is 35.5. The molecule has 2 rings (SSSR count). The highest BCUT2D eigenvalue weighted by molar-refractivity contribution is 6.32. The van der Waals surface area contributed by atoms with Crippen LogP contribution in [0.4, 0.5) is 8.78 Å². The molecule has 0 saturated heterocycles. The van der Waals surface area contributed by atoms with Gasteiger partial charge in [-0.2, -0.15) is 0 Å². The first-order valence-corrected chi connectivity index (χ1v) is 6.05. The highest BCUT2D eigenvalue weighted by Gasteiger charge is 2.18. The maximum Gasteiger partial charge on any atom is 0.196 e. The van der Waals surface area contributed by atoms with Crippen LogP contribution in [0.5, 0.6) is 0 Å². The van der Waals surface area contributed by atoms with Crippen molar-refractivity contribution in [1.29, 1.82) is 0 Å². The fraction of sp³-hybridized carbons (Fsp3) is 0.133. The summed E-state index contributed by atoms with van der Waals surface area (Å²) >= 11 is 5.94. The van der Waals surface area contributed by atoms with E-state index in [4.69, 9.17) is 11.6 Å². The molecule has 4 heteroatoms. The molecule has 0 fully saturated rings. The zero-order valence-electron chi connectivity index (χ0n) is 10.4. The molecule has 0 unspecified atom stereocenters. The molecule has 0 spiro atoms. The van der Waals surface area contributed by atoms with Gasteiger partial charge in [0, 0.05) is 16.7 Å². The third kappa shape index (κ3) is 2.51. The predicted molar refractivity (Wildman–Crippen MR) is 70.7 cm³/mol. The lowest BCUT2D eigenvalue weighted by Crippen LogP contribution is -2.07. The summed E-state index contributed by atoms with van der Waals surface area (Å²) in [7, 11) is 0. The summed E-state index contributed by atoms with van der Waals surface area (Å²) in [5.41, 5.74) is 0.974. The highest BCUT2D eigenvalue weighted by Crippen LogP contribution is 2.23. The van der Waals surface area contributed by atoms with Crippen LogP contribution in [0, 0.1) is 25.5 Å². The second-order valence-electron chi connectivity index (χ2n) is 4.32. The molecule has 0 N–H and O–H groups in total. The molecular formula is C15H11ClF2O. The number of benzene rings is 2. The molecule has 0 amide bonds. The van der Waals surface area contributed by atoms with E-state index in [1.165, 1.54) is 13.0 Å². The Morgan fingerprint density at radius 3 is 2.42 bits per heavy atom. The number of halogens is 3. The normalized spacial score (nSPS) is 10.6. The molecular weight excluding hydrogens is 270 g/mol. The number of ketones is 1. The van der Waals surface area contributed by atoms with Crippen LogP contribution in [0.15, 0.2) is 30.3 Å². The van der Waals surface area contributed by atoms with E-state index in [9.17, 15) is 13.6 Å². The summed E-state index contributed by atoms with van der Waals surface area (Å²) < 4.78 is 26.9. The Hall–Kier alpha value is -1.74. The maximum atomic E-state index is 13.7. The molecule has 0 aliphatic carbocycles. The van der Waals surface area contributed by atoms with Gasteiger partial charge in [0.1, 0.15) is 11.6 Å². The maximum absolute atomic E-state index is 13.7. The summed E-state index contributed by atoms with van der Waals surface area (Å²) in [6.45, 7) is 3.17. The summed E-state index contributed by atoms with van der Waals surface area (Å²) in [4.78, 5) is 12.3. The molecule has 1 nitrogen and oxygen atoms in total. The van der Waals surface area contributed by atoms with Crippen LogP contribution < -0.4 is 0 Å². The summed E-state index contributed by atoms with van der Waals surface area (Å²) in [5.74, 6) is -2.04. The predicted octanol–water partition coefficient (Wildman–Crippen LogP) is 4.47. The zero-order chi connectivity index (χ0) is 14.2. The first kappa shape index (κ1) is 13.7. The van der Waals surface area contributed by atoms with Crippen molar-refractivity contribution in [3.63, 3.8) is 0 Å².